The summed E-state index contributed by atoms with van der Waals surface area (Å²) in [7, 11) is 1.34. The van der Waals surface area contributed by atoms with E-state index in [0.717, 1.165) is 46.4 Å². The number of aromatic nitrogens is 2. The van der Waals surface area contributed by atoms with Gasteiger partial charge >= 0.3 is 12.3 Å². The van der Waals surface area contributed by atoms with E-state index in [1.165, 1.54) is 24.7 Å². The summed E-state index contributed by atoms with van der Waals surface area (Å²) in [6, 6.07) is 10.9. The summed E-state index contributed by atoms with van der Waals surface area (Å²) >= 11 is 1.26. The number of hydrogen-bond donors (Lipinski definition) is 0. The number of aryl methyl sites for hydroxylation is 1. The average Bonchev–Trinajstić information content (AvgIpc) is 3.64. The molecule has 0 amide bonds. The lowest BCUT2D eigenvalue weighted by Gasteiger charge is -2.38. The van der Waals surface area contributed by atoms with Gasteiger partial charge in [0.05, 0.1) is 29.2 Å². The first kappa shape index (κ1) is 31.9. The summed E-state index contributed by atoms with van der Waals surface area (Å²) in [4.78, 5) is 14.4. The van der Waals surface area contributed by atoms with E-state index in [1.54, 1.807) is 6.07 Å². The minimum Gasteiger partial charge on any atom is -0.493 e. The predicted molar refractivity (Wildman–Crippen MR) is 169 cm³/mol. The average molecular weight is 656 g/mol. The molecule has 1 aliphatic heterocycles. The Bertz CT molecular complexity index is 1760. The third-order valence-electron chi connectivity index (χ3n) is 8.40. The Kier molecular flexibility index (Phi) is 9.00. The maximum Gasteiger partial charge on any atom is 0.573 e. The van der Waals surface area contributed by atoms with Crippen LogP contribution in [0.5, 0.6) is 5.75 Å². The van der Waals surface area contributed by atoms with Crippen LogP contribution in [0.1, 0.15) is 79.7 Å². The summed E-state index contributed by atoms with van der Waals surface area (Å²) in [5.74, 6) is 1.14. The van der Waals surface area contributed by atoms with Gasteiger partial charge in [0.15, 0.2) is 5.69 Å². The molecule has 2 aromatic carbocycles. The van der Waals surface area contributed by atoms with Gasteiger partial charge in [-0.3, -0.25) is 0 Å². The summed E-state index contributed by atoms with van der Waals surface area (Å²) in [5.41, 5.74) is 3.28. The van der Waals surface area contributed by atoms with E-state index in [4.69, 9.17) is 14.0 Å². The minimum atomic E-state index is -4.85. The molecule has 0 saturated heterocycles. The minimum absolute atomic E-state index is 0.0249. The van der Waals surface area contributed by atoms with Gasteiger partial charge in [0.2, 0.25) is 0 Å². The van der Waals surface area contributed by atoms with Crippen LogP contribution in [-0.2, 0) is 22.5 Å². The molecule has 0 spiro atoms. The molecular weight excluding hydrogens is 619 g/mol. The molecule has 244 valence electrons. The highest BCUT2D eigenvalue weighted by molar-refractivity contribution is 7.13. The zero-order valence-electron chi connectivity index (χ0n) is 26.1. The molecule has 1 aliphatic carbocycles. The topological polar surface area (TPSA) is 86.9 Å². The molecule has 6 rings (SSSR count). The lowest BCUT2D eigenvalue weighted by molar-refractivity contribution is -0.274. The maximum absolute atomic E-state index is 13.4. The monoisotopic (exact) mass is 655 g/mol. The number of ether oxygens (including phenoxy) is 3. The van der Waals surface area contributed by atoms with Gasteiger partial charge in [-0.1, -0.05) is 38.4 Å². The van der Waals surface area contributed by atoms with Gasteiger partial charge in [0.25, 0.3) is 0 Å². The Balaban J connectivity index is 1.26. The largest absolute Gasteiger partial charge is 0.573 e. The smallest absolute Gasteiger partial charge is 0.493 e. The zero-order chi connectivity index (χ0) is 32.6. The number of anilines is 1. The van der Waals surface area contributed by atoms with Crippen molar-refractivity contribution in [3.8, 4) is 17.0 Å². The first-order valence-corrected chi connectivity index (χ1v) is 16.3. The summed E-state index contributed by atoms with van der Waals surface area (Å²) in [6.07, 6.45) is 1.18. The van der Waals surface area contributed by atoms with Crippen molar-refractivity contribution in [2.45, 2.75) is 77.8 Å². The van der Waals surface area contributed by atoms with Crippen LogP contribution in [0.4, 0.5) is 18.9 Å². The first-order chi connectivity index (χ1) is 22.1. The van der Waals surface area contributed by atoms with Crippen molar-refractivity contribution in [2.75, 3.05) is 18.6 Å². The number of alkyl halides is 3. The fraction of sp³-hybridized carbons (Fsp3) is 0.441. The molecule has 1 fully saturated rings. The number of fused-ring (bicyclic) bond motifs is 1. The molecule has 4 aromatic rings. The molecule has 46 heavy (non-hydrogen) atoms. The summed E-state index contributed by atoms with van der Waals surface area (Å²) in [6.45, 7) is 7.07. The molecule has 12 heteroatoms. The van der Waals surface area contributed by atoms with Crippen LogP contribution in [-0.4, -0.2) is 41.6 Å². The highest BCUT2D eigenvalue weighted by atomic mass is 32.1. The summed E-state index contributed by atoms with van der Waals surface area (Å²) < 4.78 is 67.0. The first-order valence-electron chi connectivity index (χ1n) is 15.5. The molecule has 0 radical (unpaired) electrons. The predicted octanol–water partition coefficient (Wildman–Crippen LogP) is 8.80. The second-order valence-electron chi connectivity index (χ2n) is 12.1. The van der Waals surface area contributed by atoms with E-state index in [1.807, 2.05) is 31.2 Å². The normalized spacial score (nSPS) is 17.0. The third-order valence-corrected chi connectivity index (χ3v) is 9.21. The number of carbonyl (C=O) groups is 1. The number of benzene rings is 2. The fourth-order valence-electron chi connectivity index (χ4n) is 5.99. The number of hydrogen-bond acceptors (Lipinski definition) is 9. The lowest BCUT2D eigenvalue weighted by atomic mass is 9.96. The van der Waals surface area contributed by atoms with E-state index in [9.17, 15) is 18.0 Å². The third kappa shape index (κ3) is 6.72. The number of carbonyl (C=O) groups excluding carboxylic acids is 1. The molecule has 2 aliphatic rings. The molecule has 1 saturated carbocycles. The molecule has 8 nitrogen and oxygen atoms in total. The van der Waals surface area contributed by atoms with E-state index in [0.29, 0.717) is 42.1 Å². The Morgan fingerprint density at radius 3 is 2.67 bits per heavy atom. The molecule has 1 unspecified atom stereocenters. The summed E-state index contributed by atoms with van der Waals surface area (Å²) in [5, 5.41) is 5.01. The highest BCUT2D eigenvalue weighted by Crippen LogP contribution is 2.46. The number of nitrogens with zero attached hydrogens (tertiary/aromatic N) is 3. The van der Waals surface area contributed by atoms with E-state index in [-0.39, 0.29) is 35.8 Å². The number of esters is 1. The quantitative estimate of drug-likeness (QED) is 0.148. The highest BCUT2D eigenvalue weighted by Gasteiger charge is 2.36. The van der Waals surface area contributed by atoms with Gasteiger partial charge in [0, 0.05) is 35.5 Å². The van der Waals surface area contributed by atoms with Crippen LogP contribution >= 0.6 is 11.5 Å². The number of methoxy groups -OCH3 is 1. The fourth-order valence-corrected chi connectivity index (χ4v) is 6.79. The Labute approximate surface area is 269 Å². The van der Waals surface area contributed by atoms with E-state index >= 15 is 0 Å². The van der Waals surface area contributed by atoms with Gasteiger partial charge in [0.1, 0.15) is 23.8 Å². The Morgan fingerprint density at radius 1 is 1.17 bits per heavy atom. The standard InChI is InChI=1S/C34H36F3N3O5S/c1-5-6-20-7-11-24(28(15-20)44-34(35,36)37)30-26(32(45-38-30)21-8-9-21)18-43-23-13-14-40(27(17-23)19(2)3)22-10-12-25-29(16-22)46-39-31(25)33(41)42-4/h7,10-12,15-17,19,21,27H,5-6,8-9,13-14,18H2,1-4H3. The second kappa shape index (κ2) is 13.0. The lowest BCUT2D eigenvalue weighted by Crippen LogP contribution is -2.41. The molecule has 2 aromatic heterocycles. The number of rotatable bonds is 11. The maximum atomic E-state index is 13.4. The van der Waals surface area contributed by atoms with Crippen molar-refractivity contribution in [3.63, 3.8) is 0 Å². The van der Waals surface area contributed by atoms with Crippen LogP contribution < -0.4 is 9.64 Å². The van der Waals surface area contributed by atoms with Crippen LogP contribution in [0.3, 0.4) is 0 Å². The van der Waals surface area contributed by atoms with Crippen molar-refractivity contribution in [3.05, 3.63) is 70.8 Å². The van der Waals surface area contributed by atoms with Crippen LogP contribution in [0.2, 0.25) is 0 Å². The van der Waals surface area contributed by atoms with Crippen molar-refractivity contribution < 1.29 is 36.7 Å². The van der Waals surface area contributed by atoms with Gasteiger partial charge in [-0.2, -0.15) is 4.37 Å². The van der Waals surface area contributed by atoms with Crippen LogP contribution in [0.25, 0.3) is 21.3 Å². The van der Waals surface area contributed by atoms with Gasteiger partial charge < -0.3 is 23.6 Å². The second-order valence-corrected chi connectivity index (χ2v) is 12.9. The van der Waals surface area contributed by atoms with E-state index < -0.39 is 12.3 Å². The van der Waals surface area contributed by atoms with Crippen molar-refractivity contribution in [2.24, 2.45) is 5.92 Å². The van der Waals surface area contributed by atoms with Crippen LogP contribution in [0.15, 0.2) is 52.8 Å². The Hall–Kier alpha value is -4.06. The molecule has 3 heterocycles. The SMILES string of the molecule is CCCc1ccc(-c2noc(C3CC3)c2COC2=CC(C(C)C)N(c3ccc4c(C(=O)OC)nsc4c3)CC2)c(OC(F)(F)F)c1. The zero-order valence-corrected chi connectivity index (χ0v) is 27.0. The van der Waals surface area contributed by atoms with Crippen LogP contribution in [0, 0.1) is 5.92 Å². The molecule has 0 N–H and O–H groups in total. The molecular formula is C34H36F3N3O5S. The van der Waals surface area contributed by atoms with Crippen molar-refractivity contribution in [1.29, 1.82) is 0 Å². The number of halogens is 3. The Morgan fingerprint density at radius 2 is 1.98 bits per heavy atom. The molecule has 0 bridgehead atoms. The van der Waals surface area contributed by atoms with Crippen molar-refractivity contribution in [1.82, 2.24) is 9.53 Å². The van der Waals surface area contributed by atoms with Gasteiger partial charge in [-0.15, -0.1) is 13.2 Å². The van der Waals surface area contributed by atoms with Crippen molar-refractivity contribution >= 4 is 33.3 Å². The molecule has 1 atom stereocenters. The van der Waals surface area contributed by atoms with Gasteiger partial charge in [-0.25, -0.2) is 4.79 Å². The van der Waals surface area contributed by atoms with Gasteiger partial charge in [-0.05, 0) is 78.7 Å². The van der Waals surface area contributed by atoms with E-state index in [2.05, 4.69) is 39.1 Å².